The zero-order valence-corrected chi connectivity index (χ0v) is 16.1. The van der Waals surface area contributed by atoms with Crippen LogP contribution in [0.5, 0.6) is 11.5 Å². The van der Waals surface area contributed by atoms with Crippen molar-refractivity contribution in [3.8, 4) is 11.5 Å². The predicted octanol–water partition coefficient (Wildman–Crippen LogP) is 3.36. The Balaban J connectivity index is 1.65. The van der Waals surface area contributed by atoms with Crippen molar-refractivity contribution in [1.29, 1.82) is 0 Å². The van der Waals surface area contributed by atoms with Gasteiger partial charge in [-0.05, 0) is 72.3 Å². The molecule has 1 aliphatic heterocycles. The minimum atomic E-state index is -1.11. The average Bonchev–Trinajstić information content (AvgIpc) is 3.34. The van der Waals surface area contributed by atoms with Gasteiger partial charge in [0, 0.05) is 11.3 Å². The van der Waals surface area contributed by atoms with Crippen LogP contribution >= 0.6 is 0 Å². The molecule has 2 bridgehead atoms. The topological polar surface area (TPSA) is 70.6 Å². The summed E-state index contributed by atoms with van der Waals surface area (Å²) in [6.45, 7) is 0. The molecule has 5 rings (SSSR count). The van der Waals surface area contributed by atoms with Crippen molar-refractivity contribution in [2.45, 2.75) is 31.2 Å². The lowest BCUT2D eigenvalue weighted by atomic mass is 9.67. The van der Waals surface area contributed by atoms with Crippen molar-refractivity contribution in [2.75, 3.05) is 19.5 Å². The zero-order chi connectivity index (χ0) is 19.4. The summed E-state index contributed by atoms with van der Waals surface area (Å²) in [5.41, 5.74) is 3.53. The van der Waals surface area contributed by atoms with Gasteiger partial charge in [-0.3, -0.25) is 0 Å². The highest BCUT2D eigenvalue weighted by Gasteiger charge is 2.54. The van der Waals surface area contributed by atoms with Crippen LogP contribution in [0.3, 0.4) is 0 Å². The predicted molar refractivity (Wildman–Crippen MR) is 104 cm³/mol. The molecule has 0 unspecified atom stereocenters. The fraction of sp³-hybridized carbons (Fsp3) is 0.435. The Hall–Kier alpha value is -2.69. The van der Waals surface area contributed by atoms with Gasteiger partial charge in [-0.15, -0.1) is 0 Å². The molecule has 2 aliphatic carbocycles. The van der Waals surface area contributed by atoms with Crippen LogP contribution < -0.4 is 19.9 Å². The van der Waals surface area contributed by atoms with Gasteiger partial charge in [-0.25, -0.2) is 0 Å². The third-order valence-corrected chi connectivity index (χ3v) is 7.09. The summed E-state index contributed by atoms with van der Waals surface area (Å²) in [6, 6.07) is 11.5. The number of carbonyl (C=O) groups excluding carboxylic acids is 1. The number of hydrogen-bond donors (Lipinski definition) is 1. The minimum absolute atomic E-state index is 0.117. The van der Waals surface area contributed by atoms with Gasteiger partial charge in [0.25, 0.3) is 0 Å². The number of anilines is 1. The van der Waals surface area contributed by atoms with Crippen molar-refractivity contribution >= 4 is 11.7 Å². The molecule has 0 aromatic heterocycles. The van der Waals surface area contributed by atoms with Crippen molar-refractivity contribution in [2.24, 2.45) is 17.8 Å². The quantitative estimate of drug-likeness (QED) is 0.883. The maximum absolute atomic E-state index is 11.4. The van der Waals surface area contributed by atoms with E-state index in [0.717, 1.165) is 28.3 Å². The van der Waals surface area contributed by atoms with Crippen molar-refractivity contribution < 1.29 is 19.4 Å². The monoisotopic (exact) mass is 378 g/mol. The van der Waals surface area contributed by atoms with Gasteiger partial charge in [0.15, 0.2) is 11.5 Å². The third-order valence-electron chi connectivity index (χ3n) is 7.09. The van der Waals surface area contributed by atoms with E-state index in [1.165, 1.54) is 19.3 Å². The van der Waals surface area contributed by atoms with Crippen LogP contribution in [0.1, 0.15) is 52.7 Å². The second-order valence-electron chi connectivity index (χ2n) is 8.23. The fourth-order valence-corrected chi connectivity index (χ4v) is 6.08. The van der Waals surface area contributed by atoms with Gasteiger partial charge in [-0.1, -0.05) is 18.2 Å². The Kier molecular flexibility index (Phi) is 4.00. The molecule has 5 nitrogen and oxygen atoms in total. The molecule has 3 aliphatic rings. The highest BCUT2D eigenvalue weighted by atomic mass is 16.5. The maximum Gasteiger partial charge on any atom is 0.165 e. The van der Waals surface area contributed by atoms with E-state index in [1.54, 1.807) is 20.3 Å². The molecule has 28 heavy (non-hydrogen) atoms. The lowest BCUT2D eigenvalue weighted by molar-refractivity contribution is -0.255. The maximum atomic E-state index is 11.4. The van der Waals surface area contributed by atoms with E-state index in [-0.39, 0.29) is 11.6 Å². The summed E-state index contributed by atoms with van der Waals surface area (Å²) in [4.78, 5) is 11.4. The molecule has 2 aromatic carbocycles. The molecule has 0 radical (unpaired) electrons. The lowest BCUT2D eigenvalue weighted by Crippen LogP contribution is -2.36. The molecule has 1 N–H and O–H groups in total. The van der Waals surface area contributed by atoms with Crippen LogP contribution in [0.2, 0.25) is 0 Å². The number of hydrogen-bond acceptors (Lipinski definition) is 5. The number of nitrogens with one attached hydrogen (secondary N) is 1. The van der Waals surface area contributed by atoms with E-state index in [4.69, 9.17) is 9.47 Å². The Bertz CT molecular complexity index is 940. The molecule has 2 aromatic rings. The number of carboxylic acid groups (broad SMARTS) is 1. The minimum Gasteiger partial charge on any atom is -0.545 e. The van der Waals surface area contributed by atoms with Crippen molar-refractivity contribution in [3.63, 3.8) is 0 Å². The molecular formula is C23H24NO4-. The standard InChI is InChI=1S/C23H25NO4/c1-27-18-5-3-4-15(22(18)28-2)21-20-13-7-6-12(10-13)19(20)16-11-14(23(25)26)8-9-17(16)24-21/h3-5,8-9,11-13,19-21,24H,6-7,10H2,1-2H3,(H,25,26)/p-1/t12-,13-,19+,20-,21-/m0/s1. The largest absolute Gasteiger partial charge is 0.545 e. The van der Waals surface area contributed by atoms with Gasteiger partial charge in [0.05, 0.1) is 26.2 Å². The van der Waals surface area contributed by atoms with Crippen LogP contribution in [0, 0.1) is 17.8 Å². The number of benzene rings is 2. The molecule has 0 saturated heterocycles. The molecule has 146 valence electrons. The molecular weight excluding hydrogens is 354 g/mol. The number of aromatic carboxylic acids is 1. The zero-order valence-electron chi connectivity index (χ0n) is 16.1. The first-order valence-electron chi connectivity index (χ1n) is 9.95. The highest BCUT2D eigenvalue weighted by Crippen LogP contribution is 2.64. The summed E-state index contributed by atoms with van der Waals surface area (Å²) in [7, 11) is 3.34. The molecule has 1 heterocycles. The van der Waals surface area contributed by atoms with E-state index in [9.17, 15) is 9.90 Å². The highest BCUT2D eigenvalue weighted by molar-refractivity contribution is 5.87. The van der Waals surface area contributed by atoms with Gasteiger partial charge in [0.1, 0.15) is 0 Å². The van der Waals surface area contributed by atoms with Crippen molar-refractivity contribution in [3.05, 3.63) is 53.1 Å². The molecule has 0 amide bonds. The summed E-state index contributed by atoms with van der Waals surface area (Å²) in [5, 5.41) is 15.1. The summed E-state index contributed by atoms with van der Waals surface area (Å²) >= 11 is 0. The second kappa shape index (κ2) is 6.43. The third kappa shape index (κ3) is 2.42. The Morgan fingerprint density at radius 1 is 1.07 bits per heavy atom. The van der Waals surface area contributed by atoms with E-state index >= 15 is 0 Å². The normalized spacial score (nSPS) is 29.6. The van der Waals surface area contributed by atoms with E-state index in [0.29, 0.717) is 23.7 Å². The van der Waals surface area contributed by atoms with Crippen LogP contribution in [0.25, 0.3) is 0 Å². The lowest BCUT2D eigenvalue weighted by Gasteiger charge is -2.44. The molecule has 2 saturated carbocycles. The first-order chi connectivity index (χ1) is 13.6. The number of fused-ring (bicyclic) bond motifs is 7. The number of methoxy groups -OCH3 is 2. The SMILES string of the molecule is COc1cccc([C@@H]2Nc3ccc(C(=O)[O-])cc3[C@H]3[C@H]4CC[C@@H](C4)[C@@H]32)c1OC. The average molecular weight is 378 g/mol. The van der Waals surface area contributed by atoms with Gasteiger partial charge in [-0.2, -0.15) is 0 Å². The number of para-hydroxylation sites is 1. The summed E-state index contributed by atoms with van der Waals surface area (Å²) in [5.74, 6) is 2.45. The van der Waals surface area contributed by atoms with Crippen molar-refractivity contribution in [1.82, 2.24) is 0 Å². The molecule has 5 atom stereocenters. The van der Waals surface area contributed by atoms with Gasteiger partial charge >= 0.3 is 0 Å². The summed E-state index contributed by atoms with van der Waals surface area (Å²) in [6.07, 6.45) is 3.68. The molecule has 5 heteroatoms. The van der Waals surface area contributed by atoms with Crippen LogP contribution in [-0.4, -0.2) is 20.2 Å². The number of carboxylic acids is 1. The smallest absolute Gasteiger partial charge is 0.165 e. The summed E-state index contributed by atoms with van der Waals surface area (Å²) < 4.78 is 11.3. The van der Waals surface area contributed by atoms with E-state index < -0.39 is 5.97 Å². The second-order valence-corrected chi connectivity index (χ2v) is 8.23. The number of rotatable bonds is 4. The Labute approximate surface area is 164 Å². The van der Waals surface area contributed by atoms with E-state index in [1.807, 2.05) is 24.3 Å². The van der Waals surface area contributed by atoms with Crippen LogP contribution in [-0.2, 0) is 0 Å². The Morgan fingerprint density at radius 3 is 2.64 bits per heavy atom. The van der Waals surface area contributed by atoms with E-state index in [2.05, 4.69) is 11.4 Å². The van der Waals surface area contributed by atoms with Gasteiger partial charge in [0.2, 0.25) is 0 Å². The van der Waals surface area contributed by atoms with Crippen LogP contribution in [0.4, 0.5) is 5.69 Å². The first-order valence-corrected chi connectivity index (χ1v) is 9.95. The van der Waals surface area contributed by atoms with Crippen LogP contribution in [0.15, 0.2) is 36.4 Å². The molecule has 0 spiro atoms. The fourth-order valence-electron chi connectivity index (χ4n) is 6.08. The molecule has 2 fully saturated rings. The number of ether oxygens (including phenoxy) is 2. The van der Waals surface area contributed by atoms with Gasteiger partial charge < -0.3 is 24.7 Å². The Morgan fingerprint density at radius 2 is 1.89 bits per heavy atom. The first kappa shape index (κ1) is 17.4. The number of carbonyl (C=O) groups is 1.